The number of ether oxygens (including phenoxy) is 2. The SMILES string of the molecule is C=CC1=C\C=c2/[n-]/c(c(CC)c2C)=C\c2[n-]c3c(c2C)C(=O)[C@H](C(=O)OC)/C3=C2/[N-]/C(=C\C=C\1C)[C@@H](C)[C@@H]2CCC(=O)OC/C=C(\C)CCC[C@H](C)CCC[C@H](C)CCCC(C)C.[Mg+2]. The minimum absolute atomic E-state index is 0. The second-order valence-corrected chi connectivity index (χ2v) is 19.0. The second-order valence-electron chi connectivity index (χ2n) is 19.0. The first-order chi connectivity index (χ1) is 30.1. The molecule has 6 bridgehead atoms. The first-order valence-electron chi connectivity index (χ1n) is 23.7. The average molecular weight is 882 g/mol. The number of Topliss-reactive ketones (excluding diaryl/α,β-unsaturated/α-hetero) is 1. The smallest absolute Gasteiger partial charge is 0.664 e. The molecule has 1 aliphatic carbocycles. The summed E-state index contributed by atoms with van der Waals surface area (Å²) in [5.41, 5.74) is 9.40. The Hall–Kier alpha value is -4.08. The summed E-state index contributed by atoms with van der Waals surface area (Å²) >= 11 is 0. The van der Waals surface area contributed by atoms with E-state index >= 15 is 0 Å². The molecule has 5 rings (SSSR count). The van der Waals surface area contributed by atoms with Gasteiger partial charge in [-0.05, 0) is 100 Å². The fraction of sp³-hybridized carbons (Fsp3) is 0.545. The quantitative estimate of drug-likeness (QED) is 0.0563. The number of methoxy groups -OCH3 is 1. The van der Waals surface area contributed by atoms with E-state index < -0.39 is 11.9 Å². The Labute approximate surface area is 400 Å². The van der Waals surface area contributed by atoms with Crippen molar-refractivity contribution in [2.24, 2.45) is 35.5 Å². The predicted molar refractivity (Wildman–Crippen MR) is 263 cm³/mol. The van der Waals surface area contributed by atoms with Crippen LogP contribution in [0.4, 0.5) is 0 Å². The summed E-state index contributed by atoms with van der Waals surface area (Å²) < 4.78 is 11.0. The van der Waals surface area contributed by atoms with Gasteiger partial charge < -0.3 is 24.8 Å². The van der Waals surface area contributed by atoms with Crippen molar-refractivity contribution in [2.45, 2.75) is 146 Å². The number of rotatable bonds is 20. The van der Waals surface area contributed by atoms with Crippen molar-refractivity contribution in [1.29, 1.82) is 0 Å². The molecular weight excluding hydrogens is 807 g/mol. The molecule has 0 aromatic carbocycles. The van der Waals surface area contributed by atoms with Gasteiger partial charge in [-0.25, -0.2) is 0 Å². The molecule has 8 nitrogen and oxygen atoms in total. The number of ketones is 1. The molecule has 64 heavy (non-hydrogen) atoms. The summed E-state index contributed by atoms with van der Waals surface area (Å²) in [5.74, 6) is -0.577. The molecule has 9 heteroatoms. The number of carbonyl (C=O) groups is 3. The van der Waals surface area contributed by atoms with Crippen LogP contribution in [0.5, 0.6) is 0 Å². The number of nitrogens with zero attached hydrogens (tertiary/aromatic N) is 3. The van der Waals surface area contributed by atoms with Gasteiger partial charge in [-0.1, -0.05) is 157 Å². The minimum Gasteiger partial charge on any atom is -0.664 e. The maximum atomic E-state index is 14.3. The zero-order valence-electron chi connectivity index (χ0n) is 41.0. The van der Waals surface area contributed by atoms with E-state index in [0.29, 0.717) is 40.2 Å². The molecule has 342 valence electrons. The summed E-state index contributed by atoms with van der Waals surface area (Å²) in [6.45, 7) is 26.0. The van der Waals surface area contributed by atoms with Gasteiger partial charge in [0.05, 0.1) is 7.11 Å². The van der Waals surface area contributed by atoms with Gasteiger partial charge >= 0.3 is 35.0 Å². The summed E-state index contributed by atoms with van der Waals surface area (Å²) in [6, 6.07) is 0. The van der Waals surface area contributed by atoms with E-state index in [-0.39, 0.29) is 59.7 Å². The summed E-state index contributed by atoms with van der Waals surface area (Å²) in [6.07, 6.45) is 26.5. The van der Waals surface area contributed by atoms with E-state index in [2.05, 4.69) is 62.0 Å². The van der Waals surface area contributed by atoms with Gasteiger partial charge in [-0.2, -0.15) is 11.4 Å². The van der Waals surface area contributed by atoms with E-state index in [4.69, 9.17) is 24.8 Å². The fourth-order valence-electron chi connectivity index (χ4n) is 9.58. The van der Waals surface area contributed by atoms with Crippen LogP contribution < -0.4 is 20.7 Å². The Morgan fingerprint density at radius 2 is 1.55 bits per heavy atom. The van der Waals surface area contributed by atoms with Gasteiger partial charge in [0.1, 0.15) is 12.5 Å². The molecule has 3 aliphatic rings. The number of fused-ring (bicyclic) bond motifs is 5. The third-order valence-electron chi connectivity index (χ3n) is 13.8. The molecule has 0 unspecified atom stereocenters. The topological polar surface area (TPSA) is 112 Å². The first kappa shape index (κ1) is 52.5. The van der Waals surface area contributed by atoms with Gasteiger partial charge in [0.25, 0.3) is 0 Å². The van der Waals surface area contributed by atoms with Gasteiger partial charge in [-0.15, -0.1) is 22.1 Å². The minimum atomic E-state index is -1.20. The van der Waals surface area contributed by atoms with Gasteiger partial charge in [0, 0.05) is 12.0 Å². The zero-order chi connectivity index (χ0) is 46.0. The number of esters is 2. The molecule has 4 heterocycles. The van der Waals surface area contributed by atoms with Gasteiger partial charge in [0.15, 0.2) is 5.78 Å². The molecule has 2 aromatic heterocycles. The monoisotopic (exact) mass is 881 g/mol. The van der Waals surface area contributed by atoms with Crippen molar-refractivity contribution in [2.75, 3.05) is 13.7 Å². The molecule has 0 amide bonds. The maximum absolute atomic E-state index is 14.3. The molecule has 5 atom stereocenters. The molecule has 0 spiro atoms. The first-order valence-corrected chi connectivity index (χ1v) is 23.7. The van der Waals surface area contributed by atoms with Crippen molar-refractivity contribution in [1.82, 2.24) is 9.97 Å². The number of carbonyl (C=O) groups excluding carboxylic acids is 3. The van der Waals surface area contributed by atoms with E-state index in [9.17, 15) is 14.4 Å². The number of aromatic nitrogens is 2. The number of hydrogen-bond acceptors (Lipinski definition) is 5. The molecule has 1 fully saturated rings. The van der Waals surface area contributed by atoms with E-state index in [1.54, 1.807) is 0 Å². The average Bonchev–Trinajstić information content (AvgIpc) is 3.92. The van der Waals surface area contributed by atoms with E-state index in [0.717, 1.165) is 75.7 Å². The second kappa shape index (κ2) is 24.4. The van der Waals surface area contributed by atoms with Crippen molar-refractivity contribution in [3.05, 3.63) is 115 Å². The van der Waals surface area contributed by atoms with Crippen molar-refractivity contribution in [3.8, 4) is 0 Å². The van der Waals surface area contributed by atoms with Gasteiger partial charge in [0.2, 0.25) is 0 Å². The molecule has 1 saturated heterocycles. The predicted octanol–water partition coefficient (Wildman–Crippen LogP) is 11.0. The Bertz CT molecular complexity index is 2290. The molecule has 2 aliphatic heterocycles. The van der Waals surface area contributed by atoms with Crippen LogP contribution in [0.15, 0.2) is 65.1 Å². The van der Waals surface area contributed by atoms with Gasteiger partial charge in [-0.3, -0.25) is 14.4 Å². The molecule has 2 aromatic rings. The van der Waals surface area contributed by atoms with E-state index in [1.165, 1.54) is 57.6 Å². The maximum Gasteiger partial charge on any atom is 2.00 e. The van der Waals surface area contributed by atoms with Crippen LogP contribution in [0.25, 0.3) is 23.0 Å². The molecular formula is C55H74MgN3O5-. The normalized spacial score (nSPS) is 24.0. The molecule has 0 radical (unpaired) electrons. The molecule has 0 N–H and O–H groups in total. The summed E-state index contributed by atoms with van der Waals surface area (Å²) in [4.78, 5) is 51.3. The number of hydrogen-bond donors (Lipinski definition) is 0. The van der Waals surface area contributed by atoms with Crippen molar-refractivity contribution >= 4 is 58.5 Å². The summed E-state index contributed by atoms with van der Waals surface area (Å²) in [7, 11) is 1.30. The van der Waals surface area contributed by atoms with Crippen LogP contribution in [-0.4, -0.2) is 54.5 Å². The third kappa shape index (κ3) is 12.8. The van der Waals surface area contributed by atoms with Crippen molar-refractivity contribution < 1.29 is 23.9 Å². The Morgan fingerprint density at radius 3 is 2.19 bits per heavy atom. The Balaban J connectivity index is 0.00000898. The van der Waals surface area contributed by atoms with Crippen LogP contribution in [0.3, 0.4) is 0 Å². The van der Waals surface area contributed by atoms with Crippen LogP contribution >= 0.6 is 0 Å². The fourth-order valence-corrected chi connectivity index (χ4v) is 9.58. The number of allylic oxidation sites excluding steroid dienone is 9. The summed E-state index contributed by atoms with van der Waals surface area (Å²) in [5, 5.41) is 6.85. The largest absolute Gasteiger partial charge is 2.00 e. The van der Waals surface area contributed by atoms with Crippen LogP contribution in [-0.2, 0) is 25.5 Å². The van der Waals surface area contributed by atoms with Crippen LogP contribution in [0.1, 0.15) is 164 Å². The Morgan fingerprint density at radius 1 is 0.875 bits per heavy atom. The van der Waals surface area contributed by atoms with Crippen LogP contribution in [0.2, 0.25) is 0 Å². The molecule has 0 saturated carbocycles. The zero-order valence-corrected chi connectivity index (χ0v) is 42.4. The van der Waals surface area contributed by atoms with E-state index in [1.807, 2.05) is 56.4 Å². The van der Waals surface area contributed by atoms with Crippen molar-refractivity contribution in [3.63, 3.8) is 0 Å². The standard InChI is InChI=1S/C55H75N3O5.Mg/c1-13-41-25-28-44-38(9)42(14-2)47(56-44)32-46-40(11)49-53(58-46)50(51(54(49)60)55(61)62-12)52-43(39(10)45(57-52)27-24-37(41)8)26-29-48(59)63-31-30-36(7)23-17-22-35(6)21-16-20-34(5)19-15-18-33(3)4;/h13,24-25,27-28,30,32-35,39,43,51H,1,14-23,26,29,31H2,2-12H3,(H-,57,58,60);/q-2;+2/p-1/b36-30+,37-24+,41-25+,44-28-,45-27-,47-32-;/t34-,35-,39+,43+,51-;/m1./s1. The Kier molecular flexibility index (Phi) is 20.1. The third-order valence-corrected chi connectivity index (χ3v) is 13.8. The van der Waals surface area contributed by atoms with Crippen LogP contribution in [0, 0.1) is 49.4 Å².